The highest BCUT2D eigenvalue weighted by Gasteiger charge is 2.07. The number of carbonyl (C=O) groups is 1. The summed E-state index contributed by atoms with van der Waals surface area (Å²) in [5, 5.41) is 4.39. The fourth-order valence-electron chi connectivity index (χ4n) is 1.44. The zero-order valence-corrected chi connectivity index (χ0v) is 14.3. The molecule has 23 heavy (non-hydrogen) atoms. The lowest BCUT2D eigenvalue weighted by Gasteiger charge is -2.06. The summed E-state index contributed by atoms with van der Waals surface area (Å²) in [6.07, 6.45) is 1.44. The highest BCUT2D eigenvalue weighted by atomic mass is 35.5. The van der Waals surface area contributed by atoms with E-state index in [9.17, 15) is 4.79 Å². The Morgan fingerprint density at radius 3 is 2.48 bits per heavy atom. The Balaban J connectivity index is 0.00000127. The molecule has 0 saturated heterocycles. The van der Waals surface area contributed by atoms with Crippen LogP contribution < -0.4 is 4.74 Å². The van der Waals surface area contributed by atoms with Crippen molar-refractivity contribution < 1.29 is 14.4 Å². The maximum Gasteiger partial charge on any atom is 0.372 e. The summed E-state index contributed by atoms with van der Waals surface area (Å²) in [6, 6.07) is 14.0. The normalized spacial score (nSPS) is 9.91. The van der Waals surface area contributed by atoms with E-state index < -0.39 is 5.97 Å². The van der Waals surface area contributed by atoms with Crippen LogP contribution in [-0.4, -0.2) is 18.8 Å². The highest BCUT2D eigenvalue weighted by Crippen LogP contribution is 2.27. The zero-order valence-electron chi connectivity index (χ0n) is 12.8. The van der Waals surface area contributed by atoms with Crippen LogP contribution in [0, 0.1) is 0 Å². The van der Waals surface area contributed by atoms with Gasteiger partial charge >= 0.3 is 5.97 Å². The molecule has 0 aliphatic heterocycles. The minimum absolute atomic E-state index is 0.298. The van der Waals surface area contributed by atoms with Gasteiger partial charge in [0.25, 0.3) is 0 Å². The van der Waals surface area contributed by atoms with Crippen LogP contribution in [0.25, 0.3) is 0 Å². The van der Waals surface area contributed by atoms with E-state index in [2.05, 4.69) is 9.99 Å². The molecule has 0 heterocycles. The van der Waals surface area contributed by atoms with Crippen LogP contribution in [0.4, 0.5) is 0 Å². The van der Waals surface area contributed by atoms with Gasteiger partial charge < -0.3 is 9.57 Å². The van der Waals surface area contributed by atoms with Gasteiger partial charge in [0, 0.05) is 5.02 Å². The van der Waals surface area contributed by atoms with E-state index in [0.29, 0.717) is 15.8 Å². The molecule has 0 aromatic heterocycles. The van der Waals surface area contributed by atoms with Gasteiger partial charge in [-0.1, -0.05) is 72.5 Å². The first kappa shape index (κ1) is 19.0. The molecule has 122 valence electrons. The molecule has 6 heteroatoms. The summed E-state index contributed by atoms with van der Waals surface area (Å²) >= 11 is 11.7. The Kier molecular flexibility index (Phi) is 8.80. The van der Waals surface area contributed by atoms with E-state index in [1.807, 2.05) is 44.2 Å². The van der Waals surface area contributed by atoms with Crippen molar-refractivity contribution in [2.24, 2.45) is 5.16 Å². The van der Waals surface area contributed by atoms with Gasteiger partial charge in [0.1, 0.15) is 5.75 Å². The molecule has 0 saturated carbocycles. The van der Waals surface area contributed by atoms with E-state index in [-0.39, 0.29) is 6.61 Å². The van der Waals surface area contributed by atoms with Gasteiger partial charge in [-0.15, -0.1) is 0 Å². The minimum Gasteiger partial charge on any atom is -0.480 e. The monoisotopic (exact) mass is 353 g/mol. The fraction of sp³-hybridized carbons (Fsp3) is 0.176. The van der Waals surface area contributed by atoms with Crippen molar-refractivity contribution >= 4 is 35.4 Å². The van der Waals surface area contributed by atoms with E-state index in [0.717, 1.165) is 5.56 Å². The summed E-state index contributed by atoms with van der Waals surface area (Å²) in [4.78, 5) is 16.1. The second kappa shape index (κ2) is 10.6. The third-order valence-corrected chi connectivity index (χ3v) is 2.93. The lowest BCUT2D eigenvalue weighted by molar-refractivity contribution is -0.145. The molecule has 2 aromatic rings. The number of oxime groups is 1. The van der Waals surface area contributed by atoms with Crippen molar-refractivity contribution in [1.29, 1.82) is 0 Å². The van der Waals surface area contributed by atoms with Crippen molar-refractivity contribution in [2.75, 3.05) is 6.61 Å². The smallest absolute Gasteiger partial charge is 0.372 e. The average Bonchev–Trinajstić information content (AvgIpc) is 2.57. The maximum absolute atomic E-state index is 11.5. The molecule has 2 aromatic carbocycles. The topological polar surface area (TPSA) is 47.9 Å². The first-order valence-electron chi connectivity index (χ1n) is 7.01. The van der Waals surface area contributed by atoms with Gasteiger partial charge in [0.15, 0.2) is 6.61 Å². The summed E-state index contributed by atoms with van der Waals surface area (Å²) in [5.41, 5.74) is 0.826. The fourth-order valence-corrected chi connectivity index (χ4v) is 1.90. The molecular formula is C17H17Cl2NO3. The Labute approximate surface area is 145 Å². The summed E-state index contributed by atoms with van der Waals surface area (Å²) in [6.45, 7) is 3.70. The molecular weight excluding hydrogens is 337 g/mol. The SMILES string of the molecule is CC.O=C(COc1ccc(Cl)cc1Cl)O/N=C/c1ccccc1. The molecule has 0 aliphatic carbocycles. The first-order valence-corrected chi connectivity index (χ1v) is 7.77. The van der Waals surface area contributed by atoms with Gasteiger partial charge in [-0.2, -0.15) is 0 Å². The van der Waals surface area contributed by atoms with Crippen LogP contribution in [0.2, 0.25) is 10.0 Å². The first-order chi connectivity index (χ1) is 11.1. The predicted molar refractivity (Wildman–Crippen MR) is 93.4 cm³/mol. The molecule has 0 radical (unpaired) electrons. The second-order valence-electron chi connectivity index (χ2n) is 3.97. The van der Waals surface area contributed by atoms with Crippen molar-refractivity contribution in [3.05, 3.63) is 64.1 Å². The summed E-state index contributed by atoms with van der Waals surface area (Å²) < 4.78 is 5.22. The Bertz CT molecular complexity index is 646. The Hall–Kier alpha value is -2.04. The number of carbonyl (C=O) groups excluding carboxylic acids is 1. The van der Waals surface area contributed by atoms with Crippen molar-refractivity contribution in [3.63, 3.8) is 0 Å². The quantitative estimate of drug-likeness (QED) is 0.432. The molecule has 0 aliphatic rings. The third-order valence-electron chi connectivity index (χ3n) is 2.40. The predicted octanol–water partition coefficient (Wildman–Crippen LogP) is 4.98. The van der Waals surface area contributed by atoms with Gasteiger partial charge in [0.05, 0.1) is 11.2 Å². The van der Waals surface area contributed by atoms with Gasteiger partial charge in [0.2, 0.25) is 0 Å². The number of hydrogen-bond acceptors (Lipinski definition) is 4. The number of hydrogen-bond donors (Lipinski definition) is 0. The van der Waals surface area contributed by atoms with Gasteiger partial charge in [-0.3, -0.25) is 0 Å². The number of halogens is 2. The van der Waals surface area contributed by atoms with Gasteiger partial charge in [-0.25, -0.2) is 4.79 Å². The average molecular weight is 354 g/mol. The van der Waals surface area contributed by atoms with Crippen LogP contribution in [0.5, 0.6) is 5.75 Å². The van der Waals surface area contributed by atoms with E-state index in [1.54, 1.807) is 12.1 Å². The lowest BCUT2D eigenvalue weighted by Crippen LogP contribution is -2.12. The molecule has 0 atom stereocenters. The van der Waals surface area contributed by atoms with E-state index in [4.69, 9.17) is 27.9 Å². The largest absolute Gasteiger partial charge is 0.480 e. The zero-order chi connectivity index (χ0) is 17.1. The molecule has 0 amide bonds. The van der Waals surface area contributed by atoms with Crippen LogP contribution >= 0.6 is 23.2 Å². The second-order valence-corrected chi connectivity index (χ2v) is 4.82. The summed E-state index contributed by atoms with van der Waals surface area (Å²) in [7, 11) is 0. The van der Waals surface area contributed by atoms with Crippen molar-refractivity contribution in [3.8, 4) is 5.75 Å². The number of benzene rings is 2. The van der Waals surface area contributed by atoms with Crippen LogP contribution in [0.15, 0.2) is 53.7 Å². The van der Waals surface area contributed by atoms with Crippen molar-refractivity contribution in [2.45, 2.75) is 13.8 Å². The molecule has 4 nitrogen and oxygen atoms in total. The minimum atomic E-state index is -0.631. The Morgan fingerprint density at radius 2 is 1.83 bits per heavy atom. The van der Waals surface area contributed by atoms with Gasteiger partial charge in [-0.05, 0) is 23.8 Å². The molecule has 0 fully saturated rings. The molecule has 0 unspecified atom stereocenters. The number of rotatable bonds is 5. The van der Waals surface area contributed by atoms with E-state index >= 15 is 0 Å². The van der Waals surface area contributed by atoms with E-state index in [1.165, 1.54) is 12.3 Å². The summed E-state index contributed by atoms with van der Waals surface area (Å²) in [5.74, 6) is -0.279. The third kappa shape index (κ3) is 7.17. The molecule has 0 bridgehead atoms. The molecule has 0 spiro atoms. The molecule has 0 N–H and O–H groups in total. The highest BCUT2D eigenvalue weighted by molar-refractivity contribution is 6.35. The van der Waals surface area contributed by atoms with Crippen LogP contribution in [0.1, 0.15) is 19.4 Å². The lowest BCUT2D eigenvalue weighted by atomic mass is 10.2. The number of ether oxygens (including phenoxy) is 1. The standard InChI is InChI=1S/C15H11Cl2NO3.C2H6/c16-12-6-7-14(13(17)8-12)20-10-15(19)21-18-9-11-4-2-1-3-5-11;1-2/h1-9H,10H2;1-2H3/b18-9+;. The van der Waals surface area contributed by atoms with Crippen LogP contribution in [-0.2, 0) is 9.63 Å². The maximum atomic E-state index is 11.5. The number of nitrogens with zero attached hydrogens (tertiary/aromatic N) is 1. The Morgan fingerprint density at radius 1 is 1.13 bits per heavy atom. The molecule has 2 rings (SSSR count). The van der Waals surface area contributed by atoms with Crippen molar-refractivity contribution in [1.82, 2.24) is 0 Å². The van der Waals surface area contributed by atoms with Crippen LogP contribution in [0.3, 0.4) is 0 Å².